The fourth-order valence-electron chi connectivity index (χ4n) is 5.53. The first-order valence-electron chi connectivity index (χ1n) is 11.4. The van der Waals surface area contributed by atoms with Crippen molar-refractivity contribution in [1.29, 1.82) is 0 Å². The van der Waals surface area contributed by atoms with Crippen molar-refractivity contribution in [2.24, 2.45) is 5.41 Å². The van der Waals surface area contributed by atoms with E-state index in [0.717, 1.165) is 56.2 Å². The number of alkyl halides is 3. The molecule has 5 heterocycles. The first-order chi connectivity index (χ1) is 16.3. The van der Waals surface area contributed by atoms with E-state index in [0.29, 0.717) is 17.0 Å². The molecule has 1 spiro atoms. The zero-order chi connectivity index (χ0) is 23.5. The summed E-state index contributed by atoms with van der Waals surface area (Å²) in [6.07, 6.45) is 4.39. The monoisotopic (exact) mass is 464 g/mol. The standard InChI is InChI=1S/C25H23F3N6/c1-16-22(17-4-9-30-21(13-17)25(26,27)28)34-20(5-10-31-34)23(32-16)33-11-6-24(7-12-33)14-18-3-2-8-29-19(18)15-24/h2-5,8-10,13H,6-7,11-12,14-15H2,1H3. The van der Waals surface area contributed by atoms with Gasteiger partial charge >= 0.3 is 6.18 Å². The number of nitrogens with zero attached hydrogens (tertiary/aromatic N) is 6. The minimum atomic E-state index is -4.51. The summed E-state index contributed by atoms with van der Waals surface area (Å²) in [5, 5.41) is 4.44. The quantitative estimate of drug-likeness (QED) is 0.422. The molecular weight excluding hydrogens is 441 g/mol. The van der Waals surface area contributed by atoms with E-state index in [2.05, 4.69) is 26.0 Å². The van der Waals surface area contributed by atoms with Crippen LogP contribution in [0.3, 0.4) is 0 Å². The highest BCUT2D eigenvalue weighted by Gasteiger charge is 2.41. The maximum absolute atomic E-state index is 13.2. The van der Waals surface area contributed by atoms with Gasteiger partial charge in [-0.1, -0.05) is 6.07 Å². The second-order valence-corrected chi connectivity index (χ2v) is 9.38. The van der Waals surface area contributed by atoms with Crippen molar-refractivity contribution < 1.29 is 13.2 Å². The molecule has 1 aliphatic heterocycles. The van der Waals surface area contributed by atoms with Crippen molar-refractivity contribution in [3.63, 3.8) is 0 Å². The Morgan fingerprint density at radius 1 is 0.971 bits per heavy atom. The molecule has 1 fully saturated rings. The van der Waals surface area contributed by atoms with Gasteiger partial charge in [-0.2, -0.15) is 18.3 Å². The lowest BCUT2D eigenvalue weighted by Gasteiger charge is -2.40. The van der Waals surface area contributed by atoms with Crippen LogP contribution < -0.4 is 4.90 Å². The summed E-state index contributed by atoms with van der Waals surface area (Å²) in [4.78, 5) is 15.2. The number of pyridine rings is 2. The van der Waals surface area contributed by atoms with Crippen LogP contribution in [0.1, 0.15) is 35.5 Å². The van der Waals surface area contributed by atoms with Crippen LogP contribution in [0.4, 0.5) is 19.0 Å². The van der Waals surface area contributed by atoms with E-state index in [1.165, 1.54) is 17.5 Å². The molecule has 0 aromatic carbocycles. The number of aryl methyl sites for hydroxylation is 1. The molecule has 6 nitrogen and oxygen atoms in total. The third kappa shape index (κ3) is 3.41. The van der Waals surface area contributed by atoms with Crippen molar-refractivity contribution in [2.45, 2.75) is 38.8 Å². The van der Waals surface area contributed by atoms with Gasteiger partial charge in [0.2, 0.25) is 0 Å². The van der Waals surface area contributed by atoms with Crippen LogP contribution in [-0.2, 0) is 19.0 Å². The Kier molecular flexibility index (Phi) is 4.65. The van der Waals surface area contributed by atoms with Gasteiger partial charge in [-0.3, -0.25) is 9.97 Å². The third-order valence-electron chi connectivity index (χ3n) is 7.24. The highest BCUT2D eigenvalue weighted by Crippen LogP contribution is 2.45. The van der Waals surface area contributed by atoms with Crippen LogP contribution in [0.25, 0.3) is 16.8 Å². The van der Waals surface area contributed by atoms with Gasteiger partial charge in [0, 0.05) is 36.7 Å². The van der Waals surface area contributed by atoms with Gasteiger partial charge in [-0.05, 0) is 67.9 Å². The number of piperidine rings is 1. The van der Waals surface area contributed by atoms with E-state index in [9.17, 15) is 13.2 Å². The van der Waals surface area contributed by atoms with Gasteiger partial charge in [0.15, 0.2) is 5.82 Å². The lowest BCUT2D eigenvalue weighted by molar-refractivity contribution is -0.141. The molecule has 2 aliphatic rings. The number of hydrogen-bond acceptors (Lipinski definition) is 5. The van der Waals surface area contributed by atoms with Crippen LogP contribution >= 0.6 is 0 Å². The average Bonchev–Trinajstić information content (AvgIpc) is 3.43. The summed E-state index contributed by atoms with van der Waals surface area (Å²) < 4.78 is 41.4. The molecule has 0 atom stereocenters. The van der Waals surface area contributed by atoms with E-state index >= 15 is 0 Å². The van der Waals surface area contributed by atoms with E-state index in [-0.39, 0.29) is 5.41 Å². The van der Waals surface area contributed by atoms with Gasteiger partial charge in [0.1, 0.15) is 11.2 Å². The highest BCUT2D eigenvalue weighted by atomic mass is 19.4. The largest absolute Gasteiger partial charge is 0.433 e. The molecule has 4 aromatic heterocycles. The Bertz CT molecular complexity index is 1360. The Labute approximate surface area is 194 Å². The third-order valence-corrected chi connectivity index (χ3v) is 7.24. The molecule has 174 valence electrons. The molecule has 1 saturated heterocycles. The Balaban J connectivity index is 1.32. The van der Waals surface area contributed by atoms with Gasteiger partial charge in [0.05, 0.1) is 17.6 Å². The molecule has 0 bridgehead atoms. The number of anilines is 1. The summed E-state index contributed by atoms with van der Waals surface area (Å²) >= 11 is 0. The van der Waals surface area contributed by atoms with Crippen LogP contribution in [-0.4, -0.2) is 37.7 Å². The lowest BCUT2D eigenvalue weighted by atomic mass is 9.76. The SMILES string of the molecule is Cc1nc(N2CCC3(CC2)Cc2cccnc2C3)c2ccnn2c1-c1ccnc(C(F)(F)F)c1. The second kappa shape index (κ2) is 7.51. The first-order valence-corrected chi connectivity index (χ1v) is 11.4. The summed E-state index contributed by atoms with van der Waals surface area (Å²) in [5.74, 6) is 0.826. The topological polar surface area (TPSA) is 59.2 Å². The number of rotatable bonds is 2. The molecule has 0 unspecified atom stereocenters. The first kappa shape index (κ1) is 21.1. The van der Waals surface area contributed by atoms with Gasteiger partial charge in [-0.25, -0.2) is 9.50 Å². The zero-order valence-corrected chi connectivity index (χ0v) is 18.7. The maximum atomic E-state index is 13.2. The van der Waals surface area contributed by atoms with Crippen LogP contribution in [0, 0.1) is 12.3 Å². The lowest BCUT2D eigenvalue weighted by Crippen LogP contribution is -2.41. The minimum absolute atomic E-state index is 0.254. The fourth-order valence-corrected chi connectivity index (χ4v) is 5.53. The normalized spacial score (nSPS) is 17.5. The van der Waals surface area contributed by atoms with Crippen LogP contribution in [0.5, 0.6) is 0 Å². The van der Waals surface area contributed by atoms with E-state index in [1.54, 1.807) is 16.8 Å². The molecular formula is C25H23F3N6. The Morgan fingerprint density at radius 3 is 2.56 bits per heavy atom. The zero-order valence-electron chi connectivity index (χ0n) is 18.7. The molecule has 1 aliphatic carbocycles. The molecule has 0 saturated carbocycles. The molecule has 9 heteroatoms. The van der Waals surface area contributed by atoms with E-state index in [4.69, 9.17) is 4.98 Å². The van der Waals surface area contributed by atoms with Crippen molar-refractivity contribution in [2.75, 3.05) is 18.0 Å². The van der Waals surface area contributed by atoms with Gasteiger partial charge in [0.25, 0.3) is 0 Å². The van der Waals surface area contributed by atoms with Crippen molar-refractivity contribution in [3.8, 4) is 11.3 Å². The number of halogens is 3. The van der Waals surface area contributed by atoms with Crippen LogP contribution in [0.15, 0.2) is 48.9 Å². The smallest absolute Gasteiger partial charge is 0.355 e. The summed E-state index contributed by atoms with van der Waals surface area (Å²) in [7, 11) is 0. The van der Waals surface area contributed by atoms with E-state index in [1.807, 2.05) is 25.3 Å². The van der Waals surface area contributed by atoms with Crippen molar-refractivity contribution >= 4 is 11.3 Å². The van der Waals surface area contributed by atoms with Gasteiger partial charge < -0.3 is 4.90 Å². The molecule has 0 radical (unpaired) electrons. The Morgan fingerprint density at radius 2 is 1.79 bits per heavy atom. The van der Waals surface area contributed by atoms with E-state index < -0.39 is 11.9 Å². The molecule has 0 N–H and O–H groups in total. The fraction of sp³-hybridized carbons (Fsp3) is 0.360. The van der Waals surface area contributed by atoms with Crippen molar-refractivity contribution in [1.82, 2.24) is 24.6 Å². The summed E-state index contributed by atoms with van der Waals surface area (Å²) in [5.41, 5.74) is 4.27. The molecule has 6 rings (SSSR count). The maximum Gasteiger partial charge on any atom is 0.433 e. The second-order valence-electron chi connectivity index (χ2n) is 9.38. The summed E-state index contributed by atoms with van der Waals surface area (Å²) in [6.45, 7) is 3.56. The molecule has 4 aromatic rings. The average molecular weight is 464 g/mol. The van der Waals surface area contributed by atoms with Crippen LogP contribution in [0.2, 0.25) is 0 Å². The Hall–Kier alpha value is -3.49. The predicted molar refractivity (Wildman–Crippen MR) is 121 cm³/mol. The predicted octanol–water partition coefficient (Wildman–Crippen LogP) is 4.90. The highest BCUT2D eigenvalue weighted by molar-refractivity contribution is 5.75. The van der Waals surface area contributed by atoms with Gasteiger partial charge in [-0.15, -0.1) is 0 Å². The molecule has 34 heavy (non-hydrogen) atoms. The number of aromatic nitrogens is 5. The number of hydrogen-bond donors (Lipinski definition) is 0. The molecule has 0 amide bonds. The summed E-state index contributed by atoms with van der Waals surface area (Å²) in [6, 6.07) is 8.69. The minimum Gasteiger partial charge on any atom is -0.355 e. The number of fused-ring (bicyclic) bond motifs is 2. The van der Waals surface area contributed by atoms with Crippen molar-refractivity contribution in [3.05, 3.63) is 71.6 Å².